The van der Waals surface area contributed by atoms with Crippen molar-refractivity contribution in [2.24, 2.45) is 0 Å². The van der Waals surface area contributed by atoms with E-state index in [0.29, 0.717) is 17.1 Å². The summed E-state index contributed by atoms with van der Waals surface area (Å²) in [5.74, 6) is 0.0544. The van der Waals surface area contributed by atoms with Gasteiger partial charge in [-0.25, -0.2) is 4.79 Å². The molecular weight excluding hydrogens is 320 g/mol. The number of rotatable bonds is 7. The zero-order valence-corrected chi connectivity index (χ0v) is 14.4. The summed E-state index contributed by atoms with van der Waals surface area (Å²) < 4.78 is 11.1. The maximum absolute atomic E-state index is 11.8. The molecule has 0 atom stereocenters. The zero-order chi connectivity index (χ0) is 18.4. The highest BCUT2D eigenvalue weighted by Gasteiger charge is 2.11. The highest BCUT2D eigenvalue weighted by atomic mass is 16.5. The number of hydrogen-bond donors (Lipinski definition) is 1. The van der Waals surface area contributed by atoms with Crippen LogP contribution in [0.15, 0.2) is 42.5 Å². The number of carbonyl (C=O) groups excluding carboxylic acids is 1. The van der Waals surface area contributed by atoms with E-state index in [1.807, 2.05) is 13.0 Å². The van der Waals surface area contributed by atoms with Gasteiger partial charge in [0.1, 0.15) is 18.1 Å². The lowest BCUT2D eigenvalue weighted by atomic mass is 10.1. The normalized spacial score (nSPS) is 10.7. The van der Waals surface area contributed by atoms with Gasteiger partial charge in [-0.3, -0.25) is 4.79 Å². The molecule has 2 aromatic carbocycles. The molecule has 0 amide bonds. The number of benzene rings is 2. The van der Waals surface area contributed by atoms with Crippen molar-refractivity contribution in [1.82, 2.24) is 0 Å². The molecule has 0 heterocycles. The van der Waals surface area contributed by atoms with Crippen LogP contribution in [0.4, 0.5) is 0 Å². The maximum Gasteiger partial charge on any atom is 0.328 e. The van der Waals surface area contributed by atoms with Gasteiger partial charge in [-0.1, -0.05) is 17.7 Å². The van der Waals surface area contributed by atoms with Crippen LogP contribution >= 0.6 is 0 Å². The molecule has 0 saturated heterocycles. The molecule has 0 fully saturated rings. The Morgan fingerprint density at radius 3 is 2.48 bits per heavy atom. The summed E-state index contributed by atoms with van der Waals surface area (Å²) >= 11 is 0. The van der Waals surface area contributed by atoms with Crippen molar-refractivity contribution in [2.45, 2.75) is 20.5 Å². The SMILES string of the molecule is COc1ccc(/C=C/C(=O)O)cc1COc1ccc(C)cc1C(C)=O. The van der Waals surface area contributed by atoms with Gasteiger partial charge in [-0.2, -0.15) is 0 Å². The van der Waals surface area contributed by atoms with Crippen LogP contribution in [0.1, 0.15) is 34.0 Å². The third kappa shape index (κ3) is 4.94. The van der Waals surface area contributed by atoms with Crippen LogP contribution < -0.4 is 9.47 Å². The number of methoxy groups -OCH3 is 1. The van der Waals surface area contributed by atoms with Crippen molar-refractivity contribution < 1.29 is 24.2 Å². The number of aryl methyl sites for hydroxylation is 1. The van der Waals surface area contributed by atoms with Gasteiger partial charge >= 0.3 is 5.97 Å². The van der Waals surface area contributed by atoms with Crippen LogP contribution in [0.25, 0.3) is 6.08 Å². The van der Waals surface area contributed by atoms with Crippen molar-refractivity contribution in [1.29, 1.82) is 0 Å². The van der Waals surface area contributed by atoms with Gasteiger partial charge in [-0.15, -0.1) is 0 Å². The van der Waals surface area contributed by atoms with E-state index in [4.69, 9.17) is 14.6 Å². The van der Waals surface area contributed by atoms with Gasteiger partial charge in [0.2, 0.25) is 0 Å². The summed E-state index contributed by atoms with van der Waals surface area (Å²) in [6, 6.07) is 10.7. The minimum absolute atomic E-state index is 0.0659. The van der Waals surface area contributed by atoms with E-state index in [9.17, 15) is 9.59 Å². The quantitative estimate of drug-likeness (QED) is 0.611. The molecule has 25 heavy (non-hydrogen) atoms. The van der Waals surface area contributed by atoms with Crippen molar-refractivity contribution in [2.75, 3.05) is 7.11 Å². The molecular formula is C20H20O5. The molecule has 0 unspecified atom stereocenters. The molecule has 5 nitrogen and oxygen atoms in total. The van der Waals surface area contributed by atoms with Crippen molar-refractivity contribution in [3.05, 3.63) is 64.7 Å². The molecule has 130 valence electrons. The first-order chi connectivity index (χ1) is 11.9. The Hall–Kier alpha value is -3.08. The highest BCUT2D eigenvalue weighted by molar-refractivity contribution is 5.97. The predicted molar refractivity (Wildman–Crippen MR) is 95.2 cm³/mol. The zero-order valence-electron chi connectivity index (χ0n) is 14.4. The predicted octanol–water partition coefficient (Wildman–Crippen LogP) is 3.88. The molecule has 2 aromatic rings. The number of carboxylic acid groups (broad SMARTS) is 1. The molecule has 0 bridgehead atoms. The summed E-state index contributed by atoms with van der Waals surface area (Å²) in [5.41, 5.74) is 2.99. The van der Waals surface area contributed by atoms with Gasteiger partial charge in [0.15, 0.2) is 5.78 Å². The molecule has 0 spiro atoms. The van der Waals surface area contributed by atoms with Crippen LogP contribution in [-0.4, -0.2) is 24.0 Å². The van der Waals surface area contributed by atoms with Crippen LogP contribution in [0.3, 0.4) is 0 Å². The summed E-state index contributed by atoms with van der Waals surface area (Å²) in [6.45, 7) is 3.61. The molecule has 0 saturated carbocycles. The van der Waals surface area contributed by atoms with Gasteiger partial charge in [0, 0.05) is 11.6 Å². The molecule has 0 aliphatic heterocycles. The minimum atomic E-state index is -1.01. The molecule has 0 aromatic heterocycles. The monoisotopic (exact) mass is 340 g/mol. The molecule has 2 rings (SSSR count). The Morgan fingerprint density at radius 1 is 1.12 bits per heavy atom. The van der Waals surface area contributed by atoms with E-state index < -0.39 is 5.97 Å². The van der Waals surface area contributed by atoms with Gasteiger partial charge in [0.05, 0.1) is 12.7 Å². The number of ketones is 1. The minimum Gasteiger partial charge on any atom is -0.496 e. The Bertz CT molecular complexity index is 821. The summed E-state index contributed by atoms with van der Waals surface area (Å²) in [7, 11) is 1.55. The third-order valence-electron chi connectivity index (χ3n) is 3.62. The molecule has 5 heteroatoms. The molecule has 0 aliphatic rings. The van der Waals surface area contributed by atoms with Crippen molar-refractivity contribution in [3.63, 3.8) is 0 Å². The van der Waals surface area contributed by atoms with E-state index in [1.165, 1.54) is 13.0 Å². The van der Waals surface area contributed by atoms with Crippen LogP contribution in [-0.2, 0) is 11.4 Å². The number of carbonyl (C=O) groups is 2. The van der Waals surface area contributed by atoms with E-state index >= 15 is 0 Å². The fraction of sp³-hybridized carbons (Fsp3) is 0.200. The van der Waals surface area contributed by atoms with E-state index in [2.05, 4.69) is 0 Å². The second-order valence-electron chi connectivity index (χ2n) is 5.59. The van der Waals surface area contributed by atoms with Gasteiger partial charge in [-0.05, 0) is 49.8 Å². The summed E-state index contributed by atoms with van der Waals surface area (Å²) in [4.78, 5) is 22.4. The van der Waals surface area contributed by atoms with E-state index in [1.54, 1.807) is 37.4 Å². The lowest BCUT2D eigenvalue weighted by Crippen LogP contribution is -2.03. The topological polar surface area (TPSA) is 72.8 Å². The van der Waals surface area contributed by atoms with E-state index in [0.717, 1.165) is 22.8 Å². The summed E-state index contributed by atoms with van der Waals surface area (Å²) in [5, 5.41) is 8.73. The molecule has 0 radical (unpaired) electrons. The number of Topliss-reactive ketones (excluding diaryl/α,β-unsaturated/α-hetero) is 1. The average molecular weight is 340 g/mol. The third-order valence-corrected chi connectivity index (χ3v) is 3.62. The Morgan fingerprint density at radius 2 is 1.84 bits per heavy atom. The lowest BCUT2D eigenvalue weighted by molar-refractivity contribution is -0.131. The fourth-order valence-corrected chi connectivity index (χ4v) is 2.38. The first-order valence-corrected chi connectivity index (χ1v) is 7.73. The first-order valence-electron chi connectivity index (χ1n) is 7.73. The largest absolute Gasteiger partial charge is 0.496 e. The van der Waals surface area contributed by atoms with Crippen molar-refractivity contribution in [3.8, 4) is 11.5 Å². The molecule has 0 aliphatic carbocycles. The smallest absolute Gasteiger partial charge is 0.328 e. The number of aliphatic carboxylic acids is 1. The number of ether oxygens (including phenoxy) is 2. The fourth-order valence-electron chi connectivity index (χ4n) is 2.38. The standard InChI is InChI=1S/C20H20O5/c1-13-4-7-19(17(10-13)14(2)21)25-12-16-11-15(6-9-20(22)23)5-8-18(16)24-3/h4-11H,12H2,1-3H3,(H,22,23)/b9-6+. The highest BCUT2D eigenvalue weighted by Crippen LogP contribution is 2.25. The van der Waals surface area contributed by atoms with Crippen LogP contribution in [0, 0.1) is 6.92 Å². The Labute approximate surface area is 146 Å². The molecule has 1 N–H and O–H groups in total. The first kappa shape index (κ1) is 18.3. The van der Waals surface area contributed by atoms with E-state index in [-0.39, 0.29) is 12.4 Å². The van der Waals surface area contributed by atoms with Gasteiger partial charge in [0.25, 0.3) is 0 Å². The second kappa shape index (κ2) is 8.15. The maximum atomic E-state index is 11.8. The van der Waals surface area contributed by atoms with Crippen molar-refractivity contribution >= 4 is 17.8 Å². The second-order valence-corrected chi connectivity index (χ2v) is 5.59. The number of hydrogen-bond acceptors (Lipinski definition) is 4. The van der Waals surface area contributed by atoms with Gasteiger partial charge < -0.3 is 14.6 Å². The average Bonchev–Trinajstić information content (AvgIpc) is 2.58. The Kier molecular flexibility index (Phi) is 5.95. The number of carboxylic acids is 1. The lowest BCUT2D eigenvalue weighted by Gasteiger charge is -2.13. The van der Waals surface area contributed by atoms with Crippen LogP contribution in [0.5, 0.6) is 11.5 Å². The Balaban J connectivity index is 2.26. The summed E-state index contributed by atoms with van der Waals surface area (Å²) in [6.07, 6.45) is 2.57. The van der Waals surface area contributed by atoms with Crippen LogP contribution in [0.2, 0.25) is 0 Å².